The largest absolute Gasteiger partial charge is 0.395 e. The van der Waals surface area contributed by atoms with Gasteiger partial charge in [-0.05, 0) is 30.7 Å². The summed E-state index contributed by atoms with van der Waals surface area (Å²) in [6, 6.07) is 8.85. The van der Waals surface area contributed by atoms with Gasteiger partial charge in [-0.3, -0.25) is 0 Å². The van der Waals surface area contributed by atoms with Crippen molar-refractivity contribution in [2.45, 2.75) is 30.7 Å². The van der Waals surface area contributed by atoms with Crippen molar-refractivity contribution in [1.82, 2.24) is 5.32 Å². The number of hydrogen-bond donors (Lipinski definition) is 2. The molecule has 2 N–H and O–H groups in total. The minimum atomic E-state index is 0.176. The molecule has 0 aliphatic carbocycles. The van der Waals surface area contributed by atoms with Gasteiger partial charge in [0.2, 0.25) is 0 Å². The van der Waals surface area contributed by atoms with E-state index in [4.69, 9.17) is 5.11 Å². The van der Waals surface area contributed by atoms with Gasteiger partial charge < -0.3 is 10.4 Å². The number of benzene rings is 1. The SMILES string of the molecule is CNC(CO)CSc1ccc(C(C)C)cc1. The summed E-state index contributed by atoms with van der Waals surface area (Å²) in [6.45, 7) is 4.59. The third-order valence-corrected chi connectivity index (χ3v) is 3.80. The molecule has 0 aliphatic rings. The highest BCUT2D eigenvalue weighted by molar-refractivity contribution is 7.99. The number of rotatable bonds is 6. The van der Waals surface area contributed by atoms with E-state index in [-0.39, 0.29) is 12.6 Å². The molecule has 0 aliphatic heterocycles. The molecular weight excluding hydrogens is 218 g/mol. The van der Waals surface area contributed by atoms with Crippen molar-refractivity contribution in [2.24, 2.45) is 0 Å². The number of hydrogen-bond acceptors (Lipinski definition) is 3. The maximum atomic E-state index is 9.05. The first-order valence-corrected chi connectivity index (χ1v) is 6.66. The zero-order valence-corrected chi connectivity index (χ0v) is 11.1. The molecule has 16 heavy (non-hydrogen) atoms. The summed E-state index contributed by atoms with van der Waals surface area (Å²) in [5.41, 5.74) is 1.37. The Balaban J connectivity index is 2.49. The first-order valence-electron chi connectivity index (χ1n) is 5.68. The monoisotopic (exact) mass is 239 g/mol. The van der Waals surface area contributed by atoms with Gasteiger partial charge in [-0.2, -0.15) is 0 Å². The van der Waals surface area contributed by atoms with E-state index in [0.29, 0.717) is 5.92 Å². The maximum Gasteiger partial charge on any atom is 0.0592 e. The summed E-state index contributed by atoms with van der Waals surface area (Å²) in [5.74, 6) is 1.48. The van der Waals surface area contributed by atoms with Gasteiger partial charge in [0, 0.05) is 16.7 Å². The van der Waals surface area contributed by atoms with E-state index < -0.39 is 0 Å². The molecule has 3 heteroatoms. The van der Waals surface area contributed by atoms with E-state index in [1.807, 2.05) is 7.05 Å². The highest BCUT2D eigenvalue weighted by Crippen LogP contribution is 2.22. The van der Waals surface area contributed by atoms with Crippen LogP contribution in [-0.2, 0) is 0 Å². The molecule has 0 aromatic heterocycles. The molecule has 1 aromatic carbocycles. The summed E-state index contributed by atoms with van der Waals surface area (Å²) in [4.78, 5) is 1.26. The molecule has 0 saturated heterocycles. The summed E-state index contributed by atoms with van der Waals surface area (Å²) >= 11 is 1.78. The van der Waals surface area contributed by atoms with Crippen molar-refractivity contribution in [3.05, 3.63) is 29.8 Å². The molecule has 0 bridgehead atoms. The van der Waals surface area contributed by atoms with Gasteiger partial charge in [0.05, 0.1) is 6.61 Å². The molecule has 0 spiro atoms. The Bertz CT molecular complexity index is 293. The van der Waals surface area contributed by atoms with Crippen molar-refractivity contribution in [3.63, 3.8) is 0 Å². The molecule has 1 unspecified atom stereocenters. The van der Waals surface area contributed by atoms with Crippen LogP contribution in [0, 0.1) is 0 Å². The third kappa shape index (κ3) is 4.16. The third-order valence-electron chi connectivity index (χ3n) is 2.63. The van der Waals surface area contributed by atoms with E-state index in [2.05, 4.69) is 43.4 Å². The fourth-order valence-corrected chi connectivity index (χ4v) is 2.37. The molecule has 2 nitrogen and oxygen atoms in total. The molecule has 1 aromatic rings. The van der Waals surface area contributed by atoms with Crippen molar-refractivity contribution in [1.29, 1.82) is 0 Å². The first kappa shape index (κ1) is 13.6. The van der Waals surface area contributed by atoms with Gasteiger partial charge in [0.15, 0.2) is 0 Å². The van der Waals surface area contributed by atoms with Gasteiger partial charge in [0.25, 0.3) is 0 Å². The standard InChI is InChI=1S/C13H21NOS/c1-10(2)11-4-6-13(7-5-11)16-9-12(8-15)14-3/h4-7,10,12,14-15H,8-9H2,1-3H3. The lowest BCUT2D eigenvalue weighted by atomic mass is 10.0. The van der Waals surface area contributed by atoms with E-state index >= 15 is 0 Å². The van der Waals surface area contributed by atoms with Crippen molar-refractivity contribution in [3.8, 4) is 0 Å². The number of likely N-dealkylation sites (N-methyl/N-ethyl adjacent to an activating group) is 1. The van der Waals surface area contributed by atoms with Crippen LogP contribution in [0.2, 0.25) is 0 Å². The molecule has 0 heterocycles. The normalized spacial score (nSPS) is 13.1. The first-order chi connectivity index (χ1) is 7.67. The van der Waals surface area contributed by atoms with Crippen molar-refractivity contribution < 1.29 is 5.11 Å². The summed E-state index contributed by atoms with van der Waals surface area (Å²) < 4.78 is 0. The van der Waals surface area contributed by atoms with Crippen molar-refractivity contribution >= 4 is 11.8 Å². The number of aliphatic hydroxyl groups is 1. The van der Waals surface area contributed by atoms with Gasteiger partial charge in [-0.25, -0.2) is 0 Å². The molecule has 1 rings (SSSR count). The average molecular weight is 239 g/mol. The van der Waals surface area contributed by atoms with E-state index in [0.717, 1.165) is 5.75 Å². The van der Waals surface area contributed by atoms with E-state index in [1.165, 1.54) is 10.5 Å². The van der Waals surface area contributed by atoms with Crippen molar-refractivity contribution in [2.75, 3.05) is 19.4 Å². The highest BCUT2D eigenvalue weighted by Gasteiger charge is 2.05. The lowest BCUT2D eigenvalue weighted by Crippen LogP contribution is -2.31. The van der Waals surface area contributed by atoms with Gasteiger partial charge in [0.1, 0.15) is 0 Å². The van der Waals surface area contributed by atoms with Gasteiger partial charge in [-0.15, -0.1) is 11.8 Å². The Kier molecular flexibility index (Phi) is 5.88. The van der Waals surface area contributed by atoms with Crippen LogP contribution in [-0.4, -0.2) is 30.6 Å². The Morgan fingerprint density at radius 1 is 1.25 bits per heavy atom. The Labute approximate surface area is 102 Å². The number of thioether (sulfide) groups is 1. The summed E-state index contributed by atoms with van der Waals surface area (Å²) in [6.07, 6.45) is 0. The van der Waals surface area contributed by atoms with Crippen LogP contribution in [0.4, 0.5) is 0 Å². The quantitative estimate of drug-likeness (QED) is 0.748. The average Bonchev–Trinajstić information content (AvgIpc) is 2.31. The molecule has 90 valence electrons. The van der Waals surface area contributed by atoms with E-state index in [9.17, 15) is 0 Å². The molecule has 0 amide bonds. The number of aliphatic hydroxyl groups excluding tert-OH is 1. The van der Waals surface area contributed by atoms with Crippen LogP contribution in [0.5, 0.6) is 0 Å². The minimum absolute atomic E-state index is 0.176. The van der Waals surface area contributed by atoms with Crippen LogP contribution < -0.4 is 5.32 Å². The molecule has 0 fully saturated rings. The fraction of sp³-hybridized carbons (Fsp3) is 0.538. The topological polar surface area (TPSA) is 32.3 Å². The lowest BCUT2D eigenvalue weighted by molar-refractivity contribution is 0.260. The molecule has 0 saturated carbocycles. The number of nitrogens with one attached hydrogen (secondary N) is 1. The summed E-state index contributed by atoms with van der Waals surface area (Å²) in [7, 11) is 1.88. The molecular formula is C13H21NOS. The summed E-state index contributed by atoms with van der Waals surface area (Å²) in [5, 5.41) is 12.1. The Hall–Kier alpha value is -0.510. The van der Waals surface area contributed by atoms with Crippen LogP contribution in [0.1, 0.15) is 25.3 Å². The minimum Gasteiger partial charge on any atom is -0.395 e. The van der Waals surface area contributed by atoms with E-state index in [1.54, 1.807) is 11.8 Å². The second-order valence-electron chi connectivity index (χ2n) is 4.20. The molecule has 1 atom stereocenters. The zero-order valence-electron chi connectivity index (χ0n) is 10.2. The second kappa shape index (κ2) is 6.94. The fourth-order valence-electron chi connectivity index (χ4n) is 1.37. The maximum absolute atomic E-state index is 9.05. The Morgan fingerprint density at radius 3 is 2.31 bits per heavy atom. The Morgan fingerprint density at radius 2 is 1.88 bits per heavy atom. The van der Waals surface area contributed by atoms with Gasteiger partial charge >= 0.3 is 0 Å². The van der Waals surface area contributed by atoms with Crippen LogP contribution >= 0.6 is 11.8 Å². The van der Waals surface area contributed by atoms with Crippen LogP contribution in [0.3, 0.4) is 0 Å². The zero-order chi connectivity index (χ0) is 12.0. The predicted octanol–water partition coefficient (Wildman–Crippen LogP) is 2.48. The molecule has 0 radical (unpaired) electrons. The lowest BCUT2D eigenvalue weighted by Gasteiger charge is -2.12. The second-order valence-corrected chi connectivity index (χ2v) is 5.30. The highest BCUT2D eigenvalue weighted by atomic mass is 32.2. The van der Waals surface area contributed by atoms with Gasteiger partial charge in [-0.1, -0.05) is 26.0 Å². The van der Waals surface area contributed by atoms with Crippen LogP contribution in [0.25, 0.3) is 0 Å². The van der Waals surface area contributed by atoms with Crippen LogP contribution in [0.15, 0.2) is 29.2 Å². The smallest absolute Gasteiger partial charge is 0.0592 e. The predicted molar refractivity (Wildman–Crippen MR) is 71.2 cm³/mol.